The van der Waals surface area contributed by atoms with Crippen LogP contribution in [0.1, 0.15) is 26.7 Å². The highest BCUT2D eigenvalue weighted by atomic mass is 15.1. The van der Waals surface area contributed by atoms with Crippen molar-refractivity contribution in [3.63, 3.8) is 0 Å². The molecule has 0 saturated carbocycles. The van der Waals surface area contributed by atoms with Crippen molar-refractivity contribution in [2.75, 3.05) is 19.6 Å². The molecule has 0 fully saturated rings. The van der Waals surface area contributed by atoms with E-state index in [1.54, 1.807) is 12.2 Å². The summed E-state index contributed by atoms with van der Waals surface area (Å²) in [6, 6.07) is 2.19. The van der Waals surface area contributed by atoms with E-state index in [9.17, 15) is 0 Å². The van der Waals surface area contributed by atoms with Crippen LogP contribution in [0.3, 0.4) is 0 Å². The smallest absolute Gasteiger partial charge is 0.0960 e. The van der Waals surface area contributed by atoms with E-state index in [2.05, 4.69) is 31.4 Å². The molecule has 0 heterocycles. The number of allylic oxidation sites excluding steroid dienone is 2. The Labute approximate surface area is 87.5 Å². The molecule has 2 heteroatoms. The van der Waals surface area contributed by atoms with Crippen LogP contribution in [-0.2, 0) is 0 Å². The van der Waals surface area contributed by atoms with Crippen LogP contribution in [0.5, 0.6) is 0 Å². The van der Waals surface area contributed by atoms with Crippen LogP contribution >= 0.6 is 0 Å². The fourth-order valence-electron chi connectivity index (χ4n) is 1.24. The molecular weight excluding hydrogens is 172 g/mol. The van der Waals surface area contributed by atoms with Crippen LogP contribution in [-0.4, -0.2) is 24.5 Å². The number of unbranched alkanes of at least 4 members (excludes halogenated alkanes) is 1. The third-order valence-electron chi connectivity index (χ3n) is 2.13. The topological polar surface area (TPSA) is 27.0 Å². The highest BCUT2D eigenvalue weighted by molar-refractivity contribution is 5.26. The molecule has 78 valence electrons. The molecule has 0 unspecified atom stereocenters. The highest BCUT2D eigenvalue weighted by Gasteiger charge is 2.03. The van der Waals surface area contributed by atoms with Gasteiger partial charge in [0.15, 0.2) is 0 Å². The first-order valence-electron chi connectivity index (χ1n) is 5.22. The van der Waals surface area contributed by atoms with Gasteiger partial charge in [-0.1, -0.05) is 32.9 Å². The molecule has 14 heavy (non-hydrogen) atoms. The van der Waals surface area contributed by atoms with Gasteiger partial charge in [-0.25, -0.2) is 0 Å². The fraction of sp³-hybridized carbons (Fsp3) is 0.583. The lowest BCUT2D eigenvalue weighted by molar-refractivity contribution is 0.309. The fourth-order valence-corrected chi connectivity index (χ4v) is 1.24. The van der Waals surface area contributed by atoms with E-state index in [0.717, 1.165) is 25.2 Å². The Kier molecular flexibility index (Phi) is 7.87. The van der Waals surface area contributed by atoms with Crippen molar-refractivity contribution in [1.82, 2.24) is 4.90 Å². The van der Waals surface area contributed by atoms with Crippen molar-refractivity contribution in [2.24, 2.45) is 0 Å². The quantitative estimate of drug-likeness (QED) is 0.458. The second kappa shape index (κ2) is 8.52. The van der Waals surface area contributed by atoms with E-state index < -0.39 is 0 Å². The summed E-state index contributed by atoms with van der Waals surface area (Å²) in [7, 11) is 0. The minimum atomic E-state index is 0.749. The maximum absolute atomic E-state index is 8.83. The molecule has 0 rings (SSSR count). The van der Waals surface area contributed by atoms with Gasteiger partial charge in [0.25, 0.3) is 0 Å². The Balaban J connectivity index is 4.08. The standard InChI is InChI=1S/C12H20N2/c1-4-7-9-14(6-3)11-12(10-13)8-5-2/h5,8H,2,4,6-7,9,11H2,1,3H3/b12-8-. The first-order chi connectivity index (χ1) is 6.78. The molecule has 0 aromatic rings. The largest absolute Gasteiger partial charge is 0.299 e. The third kappa shape index (κ3) is 5.55. The van der Waals surface area contributed by atoms with Gasteiger partial charge in [0.2, 0.25) is 0 Å². The number of likely N-dealkylation sites (N-methyl/N-ethyl adjacent to an activating group) is 1. The summed E-state index contributed by atoms with van der Waals surface area (Å²) in [5.74, 6) is 0. The molecule has 0 bridgehead atoms. The second-order valence-electron chi connectivity index (χ2n) is 3.26. The van der Waals surface area contributed by atoms with Crippen LogP contribution in [0.15, 0.2) is 24.3 Å². The predicted molar refractivity (Wildman–Crippen MR) is 60.9 cm³/mol. The Morgan fingerprint density at radius 1 is 1.50 bits per heavy atom. The summed E-state index contributed by atoms with van der Waals surface area (Å²) in [5.41, 5.74) is 0.790. The van der Waals surface area contributed by atoms with E-state index in [1.165, 1.54) is 12.8 Å². The maximum Gasteiger partial charge on any atom is 0.0960 e. The summed E-state index contributed by atoms with van der Waals surface area (Å²) >= 11 is 0. The Bertz CT molecular complexity index is 223. The van der Waals surface area contributed by atoms with Gasteiger partial charge in [-0.3, -0.25) is 4.90 Å². The first-order valence-corrected chi connectivity index (χ1v) is 5.22. The molecule has 0 N–H and O–H groups in total. The number of hydrogen-bond donors (Lipinski definition) is 0. The van der Waals surface area contributed by atoms with E-state index >= 15 is 0 Å². The lowest BCUT2D eigenvalue weighted by Crippen LogP contribution is -2.26. The third-order valence-corrected chi connectivity index (χ3v) is 2.13. The van der Waals surface area contributed by atoms with Gasteiger partial charge in [0.05, 0.1) is 6.07 Å². The van der Waals surface area contributed by atoms with Gasteiger partial charge in [-0.05, 0) is 25.6 Å². The summed E-state index contributed by atoms with van der Waals surface area (Å²) in [4.78, 5) is 2.28. The van der Waals surface area contributed by atoms with Gasteiger partial charge in [-0.2, -0.15) is 5.26 Å². The molecule has 0 aliphatic rings. The Morgan fingerprint density at radius 2 is 2.21 bits per heavy atom. The zero-order valence-electron chi connectivity index (χ0n) is 9.29. The lowest BCUT2D eigenvalue weighted by Gasteiger charge is -2.19. The van der Waals surface area contributed by atoms with Crippen molar-refractivity contribution in [1.29, 1.82) is 5.26 Å². The van der Waals surface area contributed by atoms with Crippen molar-refractivity contribution < 1.29 is 0 Å². The Morgan fingerprint density at radius 3 is 2.64 bits per heavy atom. The zero-order valence-corrected chi connectivity index (χ0v) is 9.29. The summed E-state index contributed by atoms with van der Waals surface area (Å²) in [6.07, 6.45) is 5.85. The van der Waals surface area contributed by atoms with Crippen LogP contribution in [0.2, 0.25) is 0 Å². The summed E-state index contributed by atoms with van der Waals surface area (Å²) < 4.78 is 0. The van der Waals surface area contributed by atoms with Gasteiger partial charge in [0.1, 0.15) is 0 Å². The van der Waals surface area contributed by atoms with E-state index in [1.807, 2.05) is 0 Å². The van der Waals surface area contributed by atoms with E-state index in [-0.39, 0.29) is 0 Å². The highest BCUT2D eigenvalue weighted by Crippen LogP contribution is 2.01. The van der Waals surface area contributed by atoms with E-state index in [0.29, 0.717) is 0 Å². The molecular formula is C12H20N2. The number of hydrogen-bond acceptors (Lipinski definition) is 2. The van der Waals surface area contributed by atoms with Crippen molar-refractivity contribution in [3.05, 3.63) is 24.3 Å². The van der Waals surface area contributed by atoms with Gasteiger partial charge < -0.3 is 0 Å². The second-order valence-corrected chi connectivity index (χ2v) is 3.26. The van der Waals surface area contributed by atoms with E-state index in [4.69, 9.17) is 5.26 Å². The first kappa shape index (κ1) is 12.9. The molecule has 0 spiro atoms. The number of rotatable bonds is 7. The predicted octanol–water partition coefficient (Wildman–Crippen LogP) is 2.74. The monoisotopic (exact) mass is 192 g/mol. The molecule has 0 saturated heterocycles. The van der Waals surface area contributed by atoms with Gasteiger partial charge >= 0.3 is 0 Å². The van der Waals surface area contributed by atoms with Crippen molar-refractivity contribution >= 4 is 0 Å². The van der Waals surface area contributed by atoms with Crippen molar-refractivity contribution in [2.45, 2.75) is 26.7 Å². The van der Waals surface area contributed by atoms with Crippen molar-refractivity contribution in [3.8, 4) is 6.07 Å². The van der Waals surface area contributed by atoms with Crippen LogP contribution in [0, 0.1) is 11.3 Å². The van der Waals surface area contributed by atoms with Crippen LogP contribution < -0.4 is 0 Å². The molecule has 0 amide bonds. The molecule has 0 aliphatic carbocycles. The lowest BCUT2D eigenvalue weighted by atomic mass is 10.2. The zero-order chi connectivity index (χ0) is 10.8. The molecule has 0 aliphatic heterocycles. The molecule has 0 radical (unpaired) electrons. The SMILES string of the molecule is C=C/C=C(/C#N)CN(CC)CCCC. The average Bonchev–Trinajstić information content (AvgIpc) is 2.22. The van der Waals surface area contributed by atoms with Gasteiger partial charge in [-0.15, -0.1) is 0 Å². The normalized spacial score (nSPS) is 11.4. The molecule has 2 nitrogen and oxygen atoms in total. The minimum Gasteiger partial charge on any atom is -0.299 e. The molecule has 0 aromatic carbocycles. The number of nitriles is 1. The van der Waals surface area contributed by atoms with Crippen LogP contribution in [0.25, 0.3) is 0 Å². The average molecular weight is 192 g/mol. The Hall–Kier alpha value is -1.07. The minimum absolute atomic E-state index is 0.749. The van der Waals surface area contributed by atoms with Gasteiger partial charge in [0, 0.05) is 12.1 Å². The van der Waals surface area contributed by atoms with Crippen LogP contribution in [0.4, 0.5) is 0 Å². The maximum atomic E-state index is 8.83. The summed E-state index contributed by atoms with van der Waals surface area (Å²) in [5, 5.41) is 8.83. The molecule has 0 atom stereocenters. The molecule has 0 aromatic heterocycles. The number of nitrogens with zero attached hydrogens (tertiary/aromatic N) is 2. The summed E-state index contributed by atoms with van der Waals surface area (Å²) in [6.45, 7) is 10.7.